The summed E-state index contributed by atoms with van der Waals surface area (Å²) in [5, 5.41) is 2.90. The maximum Gasteiger partial charge on any atom is 0.254 e. The monoisotopic (exact) mass is 275 g/mol. The van der Waals surface area contributed by atoms with Crippen molar-refractivity contribution in [2.75, 3.05) is 12.3 Å². The summed E-state index contributed by atoms with van der Waals surface area (Å²) < 4.78 is 5.35. The molecule has 1 amide bonds. The van der Waals surface area contributed by atoms with Crippen molar-refractivity contribution in [2.45, 2.75) is 18.7 Å². The van der Waals surface area contributed by atoms with Crippen LogP contribution in [0, 0.1) is 13.8 Å². The van der Waals surface area contributed by atoms with Gasteiger partial charge in [0.2, 0.25) is 0 Å². The number of carbonyl (C=O) groups is 1. The van der Waals surface area contributed by atoms with Crippen LogP contribution >= 0.6 is 11.8 Å². The van der Waals surface area contributed by atoms with Crippen LogP contribution in [-0.2, 0) is 0 Å². The zero-order valence-electron chi connectivity index (χ0n) is 11.1. The van der Waals surface area contributed by atoms with Gasteiger partial charge in [-0.05, 0) is 32.0 Å². The third-order valence-electron chi connectivity index (χ3n) is 2.69. The molecule has 0 unspecified atom stereocenters. The number of aryl methyl sites for hydroxylation is 2. The molecule has 0 radical (unpaired) electrons. The van der Waals surface area contributed by atoms with E-state index in [0.29, 0.717) is 17.9 Å². The lowest BCUT2D eigenvalue weighted by Gasteiger charge is -2.04. The fraction of sp³-hybridized carbons (Fsp3) is 0.267. The number of hydrogen-bond acceptors (Lipinski definition) is 3. The van der Waals surface area contributed by atoms with Crippen LogP contribution < -0.4 is 5.32 Å². The Kier molecular flexibility index (Phi) is 4.68. The second kappa shape index (κ2) is 6.48. The van der Waals surface area contributed by atoms with Gasteiger partial charge in [0.25, 0.3) is 5.91 Å². The molecule has 1 aromatic carbocycles. The number of benzene rings is 1. The van der Waals surface area contributed by atoms with Gasteiger partial charge in [0.05, 0.1) is 5.56 Å². The van der Waals surface area contributed by atoms with E-state index in [4.69, 9.17) is 4.42 Å². The Labute approximate surface area is 117 Å². The predicted octanol–water partition coefficient (Wildman–Crippen LogP) is 3.42. The first kappa shape index (κ1) is 13.7. The molecule has 1 aromatic heterocycles. The summed E-state index contributed by atoms with van der Waals surface area (Å²) in [5.74, 6) is 2.22. The van der Waals surface area contributed by atoms with E-state index in [0.717, 1.165) is 11.5 Å². The van der Waals surface area contributed by atoms with Gasteiger partial charge < -0.3 is 9.73 Å². The van der Waals surface area contributed by atoms with Crippen molar-refractivity contribution in [3.63, 3.8) is 0 Å². The number of amides is 1. The van der Waals surface area contributed by atoms with E-state index in [-0.39, 0.29) is 5.91 Å². The maximum atomic E-state index is 11.9. The highest BCUT2D eigenvalue weighted by molar-refractivity contribution is 7.99. The van der Waals surface area contributed by atoms with Gasteiger partial charge in [-0.2, -0.15) is 0 Å². The molecule has 0 spiro atoms. The predicted molar refractivity (Wildman–Crippen MR) is 77.7 cm³/mol. The van der Waals surface area contributed by atoms with E-state index >= 15 is 0 Å². The lowest BCUT2D eigenvalue weighted by atomic mass is 10.2. The maximum absolute atomic E-state index is 11.9. The molecule has 2 rings (SSSR count). The Hall–Kier alpha value is -1.68. The van der Waals surface area contributed by atoms with Crippen molar-refractivity contribution in [1.29, 1.82) is 0 Å². The fourth-order valence-electron chi connectivity index (χ4n) is 1.80. The average molecular weight is 275 g/mol. The van der Waals surface area contributed by atoms with E-state index in [1.165, 1.54) is 4.90 Å². The Morgan fingerprint density at radius 3 is 2.63 bits per heavy atom. The summed E-state index contributed by atoms with van der Waals surface area (Å²) >= 11 is 1.73. The molecule has 4 heteroatoms. The summed E-state index contributed by atoms with van der Waals surface area (Å²) in [6.07, 6.45) is 0. The van der Waals surface area contributed by atoms with E-state index in [1.807, 2.05) is 25.1 Å². The molecule has 3 nitrogen and oxygen atoms in total. The Bertz CT molecular complexity index is 549. The lowest BCUT2D eigenvalue weighted by molar-refractivity contribution is 0.0954. The normalized spacial score (nSPS) is 10.4. The van der Waals surface area contributed by atoms with E-state index in [1.54, 1.807) is 24.8 Å². The number of furan rings is 1. The molecule has 1 heterocycles. The van der Waals surface area contributed by atoms with Crippen molar-refractivity contribution in [2.24, 2.45) is 0 Å². The van der Waals surface area contributed by atoms with Crippen molar-refractivity contribution in [3.8, 4) is 0 Å². The summed E-state index contributed by atoms with van der Waals surface area (Å²) in [5.41, 5.74) is 0.627. The molecule has 100 valence electrons. The molecule has 2 aromatic rings. The molecule has 0 bridgehead atoms. The number of thioether (sulfide) groups is 1. The number of hydrogen-bond donors (Lipinski definition) is 1. The van der Waals surface area contributed by atoms with Gasteiger partial charge >= 0.3 is 0 Å². The number of carbonyl (C=O) groups excluding carboxylic acids is 1. The summed E-state index contributed by atoms with van der Waals surface area (Å²) in [7, 11) is 0. The van der Waals surface area contributed by atoms with Gasteiger partial charge in [-0.25, -0.2) is 0 Å². The third kappa shape index (κ3) is 3.89. The fourth-order valence-corrected chi connectivity index (χ4v) is 2.59. The molecular formula is C15H17NO2S. The molecule has 0 saturated carbocycles. The van der Waals surface area contributed by atoms with E-state index in [2.05, 4.69) is 17.4 Å². The highest BCUT2D eigenvalue weighted by Gasteiger charge is 2.12. The van der Waals surface area contributed by atoms with Crippen LogP contribution in [0.1, 0.15) is 21.9 Å². The molecule has 0 aliphatic heterocycles. The Morgan fingerprint density at radius 2 is 2.00 bits per heavy atom. The number of rotatable bonds is 5. The number of nitrogens with one attached hydrogen (secondary N) is 1. The molecule has 0 fully saturated rings. The zero-order chi connectivity index (χ0) is 13.7. The van der Waals surface area contributed by atoms with Crippen LogP contribution in [0.4, 0.5) is 0 Å². The van der Waals surface area contributed by atoms with E-state index in [9.17, 15) is 4.79 Å². The first-order chi connectivity index (χ1) is 9.16. The topological polar surface area (TPSA) is 42.2 Å². The minimum absolute atomic E-state index is 0.0667. The van der Waals surface area contributed by atoms with Crippen LogP contribution in [0.3, 0.4) is 0 Å². The summed E-state index contributed by atoms with van der Waals surface area (Å²) in [4.78, 5) is 13.1. The average Bonchev–Trinajstić information content (AvgIpc) is 2.75. The van der Waals surface area contributed by atoms with Gasteiger partial charge in [-0.1, -0.05) is 18.2 Å². The van der Waals surface area contributed by atoms with Crippen LogP contribution in [0.15, 0.2) is 45.7 Å². The Balaban J connectivity index is 1.77. The molecule has 0 aliphatic carbocycles. The quantitative estimate of drug-likeness (QED) is 0.671. The third-order valence-corrected chi connectivity index (χ3v) is 3.70. The van der Waals surface area contributed by atoms with Crippen molar-refractivity contribution in [1.82, 2.24) is 5.32 Å². The Morgan fingerprint density at radius 1 is 1.26 bits per heavy atom. The molecule has 0 saturated heterocycles. The van der Waals surface area contributed by atoms with Crippen LogP contribution in [-0.4, -0.2) is 18.2 Å². The minimum Gasteiger partial charge on any atom is -0.466 e. The molecule has 0 atom stereocenters. The molecule has 19 heavy (non-hydrogen) atoms. The minimum atomic E-state index is -0.0667. The van der Waals surface area contributed by atoms with Gasteiger partial charge in [-0.15, -0.1) is 11.8 Å². The van der Waals surface area contributed by atoms with E-state index < -0.39 is 0 Å². The van der Waals surface area contributed by atoms with Crippen LogP contribution in [0.25, 0.3) is 0 Å². The first-order valence-corrected chi connectivity index (χ1v) is 7.18. The van der Waals surface area contributed by atoms with Gasteiger partial charge in [0.15, 0.2) is 0 Å². The summed E-state index contributed by atoms with van der Waals surface area (Å²) in [6, 6.07) is 11.9. The summed E-state index contributed by atoms with van der Waals surface area (Å²) in [6.45, 7) is 4.29. The molecule has 0 aliphatic rings. The molecular weight excluding hydrogens is 258 g/mol. The lowest BCUT2D eigenvalue weighted by Crippen LogP contribution is -2.25. The van der Waals surface area contributed by atoms with Crippen molar-refractivity contribution >= 4 is 17.7 Å². The highest BCUT2D eigenvalue weighted by atomic mass is 32.2. The highest BCUT2D eigenvalue weighted by Crippen LogP contribution is 2.16. The standard InChI is InChI=1S/C15H17NO2S/c1-11-10-14(12(2)18-11)15(17)16-8-9-19-13-6-4-3-5-7-13/h3-7,10H,8-9H2,1-2H3,(H,16,17). The van der Waals surface area contributed by atoms with Gasteiger partial charge in [0.1, 0.15) is 11.5 Å². The van der Waals surface area contributed by atoms with Crippen molar-refractivity contribution in [3.05, 3.63) is 53.5 Å². The second-order valence-electron chi connectivity index (χ2n) is 4.24. The van der Waals surface area contributed by atoms with Gasteiger partial charge in [0, 0.05) is 17.2 Å². The SMILES string of the molecule is Cc1cc(C(=O)NCCSc2ccccc2)c(C)o1. The van der Waals surface area contributed by atoms with Crippen LogP contribution in [0.2, 0.25) is 0 Å². The smallest absolute Gasteiger partial charge is 0.254 e. The largest absolute Gasteiger partial charge is 0.466 e. The molecule has 1 N–H and O–H groups in total. The first-order valence-electron chi connectivity index (χ1n) is 6.20. The zero-order valence-corrected chi connectivity index (χ0v) is 11.9. The second-order valence-corrected chi connectivity index (χ2v) is 5.41. The van der Waals surface area contributed by atoms with Crippen molar-refractivity contribution < 1.29 is 9.21 Å². The van der Waals surface area contributed by atoms with Crippen LogP contribution in [0.5, 0.6) is 0 Å². The van der Waals surface area contributed by atoms with Gasteiger partial charge in [-0.3, -0.25) is 4.79 Å².